The van der Waals surface area contributed by atoms with Crippen LogP contribution >= 0.6 is 0 Å². The molecular formula is C16H19F2N3. The largest absolute Gasteiger partial charge is 0.349 e. The molecule has 0 saturated heterocycles. The van der Waals surface area contributed by atoms with E-state index < -0.39 is 11.6 Å². The van der Waals surface area contributed by atoms with Crippen molar-refractivity contribution < 1.29 is 8.78 Å². The van der Waals surface area contributed by atoms with Gasteiger partial charge in [-0.1, -0.05) is 26.8 Å². The molecule has 1 aromatic heterocycles. The van der Waals surface area contributed by atoms with Crippen molar-refractivity contribution in [3.8, 4) is 0 Å². The Hall–Kier alpha value is -1.91. The van der Waals surface area contributed by atoms with Crippen LogP contribution in [0.2, 0.25) is 0 Å². The molecule has 112 valence electrons. The molecule has 0 saturated carbocycles. The molecule has 0 amide bonds. The highest BCUT2D eigenvalue weighted by Gasteiger charge is 2.27. The zero-order valence-electron chi connectivity index (χ0n) is 12.5. The second kappa shape index (κ2) is 4.83. The molecule has 2 aromatic rings. The standard InChI is InChI=1S/C16H19F2N3/c1-16(2,3)13-9-21-8-7-12(19-15(21)20-13)14-10(17)5-4-6-11(14)18/h4-6,9,12H,7-8H2,1-3H3,(H,19,20). The predicted octanol–water partition coefficient (Wildman–Crippen LogP) is 4.02. The summed E-state index contributed by atoms with van der Waals surface area (Å²) in [4.78, 5) is 4.56. The molecule has 0 spiro atoms. The fraction of sp³-hybridized carbons (Fsp3) is 0.438. The number of rotatable bonds is 1. The summed E-state index contributed by atoms with van der Waals surface area (Å²) in [6.07, 6.45) is 2.64. The zero-order chi connectivity index (χ0) is 15.2. The summed E-state index contributed by atoms with van der Waals surface area (Å²) in [6.45, 7) is 6.98. The lowest BCUT2D eigenvalue weighted by Gasteiger charge is -2.26. The predicted molar refractivity (Wildman–Crippen MR) is 78.3 cm³/mol. The minimum absolute atomic E-state index is 0.0508. The second-order valence-electron chi connectivity index (χ2n) is 6.51. The number of aromatic nitrogens is 2. The van der Waals surface area contributed by atoms with Gasteiger partial charge in [0.25, 0.3) is 0 Å². The molecule has 1 N–H and O–H groups in total. The Morgan fingerprint density at radius 2 is 1.90 bits per heavy atom. The fourth-order valence-corrected chi connectivity index (χ4v) is 2.62. The molecule has 0 fully saturated rings. The number of fused-ring (bicyclic) bond motifs is 1. The van der Waals surface area contributed by atoms with E-state index in [1.54, 1.807) is 0 Å². The summed E-state index contributed by atoms with van der Waals surface area (Å²) in [5.74, 6) is -0.342. The summed E-state index contributed by atoms with van der Waals surface area (Å²) >= 11 is 0. The van der Waals surface area contributed by atoms with Gasteiger partial charge < -0.3 is 9.88 Å². The molecule has 1 unspecified atom stereocenters. The lowest BCUT2D eigenvalue weighted by atomic mass is 9.93. The van der Waals surface area contributed by atoms with Gasteiger partial charge in [-0.15, -0.1) is 0 Å². The average Bonchev–Trinajstić information content (AvgIpc) is 2.81. The molecule has 0 bridgehead atoms. The maximum absolute atomic E-state index is 13.9. The molecular weight excluding hydrogens is 272 g/mol. The van der Waals surface area contributed by atoms with Gasteiger partial charge in [0.2, 0.25) is 5.95 Å². The smallest absolute Gasteiger partial charge is 0.203 e. The van der Waals surface area contributed by atoms with Crippen molar-refractivity contribution in [2.75, 3.05) is 5.32 Å². The molecule has 1 aliphatic heterocycles. The van der Waals surface area contributed by atoms with Gasteiger partial charge in [-0.2, -0.15) is 0 Å². The van der Waals surface area contributed by atoms with Crippen LogP contribution in [-0.2, 0) is 12.0 Å². The first-order valence-electron chi connectivity index (χ1n) is 7.14. The molecule has 0 radical (unpaired) electrons. The van der Waals surface area contributed by atoms with Crippen LogP contribution in [0.25, 0.3) is 0 Å². The van der Waals surface area contributed by atoms with E-state index in [4.69, 9.17) is 0 Å². The van der Waals surface area contributed by atoms with Gasteiger partial charge in [-0.25, -0.2) is 13.8 Å². The molecule has 1 aromatic carbocycles. The van der Waals surface area contributed by atoms with Gasteiger partial charge in [0.05, 0.1) is 11.7 Å². The number of nitrogens with one attached hydrogen (secondary N) is 1. The normalized spacial score (nSPS) is 18.2. The number of nitrogens with zero attached hydrogens (tertiary/aromatic N) is 2. The molecule has 5 heteroatoms. The number of anilines is 1. The maximum Gasteiger partial charge on any atom is 0.203 e. The van der Waals surface area contributed by atoms with E-state index in [1.807, 2.05) is 10.8 Å². The van der Waals surface area contributed by atoms with Crippen molar-refractivity contribution in [2.24, 2.45) is 0 Å². The van der Waals surface area contributed by atoms with Crippen molar-refractivity contribution in [2.45, 2.75) is 45.2 Å². The zero-order valence-corrected chi connectivity index (χ0v) is 12.5. The highest BCUT2D eigenvalue weighted by atomic mass is 19.1. The van der Waals surface area contributed by atoms with E-state index in [0.29, 0.717) is 18.9 Å². The van der Waals surface area contributed by atoms with E-state index in [-0.39, 0.29) is 17.0 Å². The van der Waals surface area contributed by atoms with Crippen LogP contribution in [0, 0.1) is 11.6 Å². The lowest BCUT2D eigenvalue weighted by molar-refractivity contribution is 0.484. The second-order valence-corrected chi connectivity index (χ2v) is 6.51. The molecule has 3 rings (SSSR count). The molecule has 1 atom stereocenters. The Labute approximate surface area is 123 Å². The van der Waals surface area contributed by atoms with Crippen molar-refractivity contribution in [1.82, 2.24) is 9.55 Å². The minimum Gasteiger partial charge on any atom is -0.349 e. The van der Waals surface area contributed by atoms with Crippen LogP contribution in [0.4, 0.5) is 14.7 Å². The fourth-order valence-electron chi connectivity index (χ4n) is 2.62. The van der Waals surface area contributed by atoms with E-state index in [1.165, 1.54) is 18.2 Å². The van der Waals surface area contributed by atoms with Gasteiger partial charge >= 0.3 is 0 Å². The van der Waals surface area contributed by atoms with E-state index in [0.717, 1.165) is 5.69 Å². The third-order valence-electron chi connectivity index (χ3n) is 3.86. The molecule has 1 aliphatic rings. The first-order valence-corrected chi connectivity index (χ1v) is 7.14. The molecule has 21 heavy (non-hydrogen) atoms. The Morgan fingerprint density at radius 3 is 2.52 bits per heavy atom. The van der Waals surface area contributed by atoms with Crippen molar-refractivity contribution >= 4 is 5.95 Å². The monoisotopic (exact) mass is 291 g/mol. The third-order valence-corrected chi connectivity index (χ3v) is 3.86. The molecule has 2 heterocycles. The van der Waals surface area contributed by atoms with Gasteiger partial charge in [-0.3, -0.25) is 0 Å². The third kappa shape index (κ3) is 2.52. The Kier molecular flexibility index (Phi) is 3.23. The molecule has 3 nitrogen and oxygen atoms in total. The van der Waals surface area contributed by atoms with Gasteiger partial charge in [0, 0.05) is 23.7 Å². The van der Waals surface area contributed by atoms with Gasteiger partial charge in [-0.05, 0) is 18.6 Å². The first kappa shape index (κ1) is 14.0. The summed E-state index contributed by atoms with van der Waals surface area (Å²) in [7, 11) is 0. The van der Waals surface area contributed by atoms with Crippen LogP contribution in [-0.4, -0.2) is 9.55 Å². The highest BCUT2D eigenvalue weighted by molar-refractivity contribution is 5.39. The quantitative estimate of drug-likeness (QED) is 0.860. The Balaban J connectivity index is 1.93. The number of halogens is 2. The number of hydrogen-bond donors (Lipinski definition) is 1. The van der Waals surface area contributed by atoms with Crippen molar-refractivity contribution in [3.63, 3.8) is 0 Å². The summed E-state index contributed by atoms with van der Waals surface area (Å²) in [6, 6.07) is 3.59. The minimum atomic E-state index is -0.511. The van der Waals surface area contributed by atoms with E-state index >= 15 is 0 Å². The number of hydrogen-bond acceptors (Lipinski definition) is 2. The summed E-state index contributed by atoms with van der Waals surface area (Å²) in [5.41, 5.74) is 1.02. The van der Waals surface area contributed by atoms with Gasteiger partial charge in [0.15, 0.2) is 0 Å². The Morgan fingerprint density at radius 1 is 1.24 bits per heavy atom. The van der Waals surface area contributed by atoms with Crippen LogP contribution in [0.15, 0.2) is 24.4 Å². The maximum atomic E-state index is 13.9. The lowest BCUT2D eigenvalue weighted by Crippen LogP contribution is -2.23. The van der Waals surface area contributed by atoms with E-state index in [2.05, 4.69) is 31.1 Å². The number of imidazole rings is 1. The van der Waals surface area contributed by atoms with Crippen LogP contribution in [0.1, 0.15) is 44.5 Å². The van der Waals surface area contributed by atoms with Crippen LogP contribution in [0.5, 0.6) is 0 Å². The highest BCUT2D eigenvalue weighted by Crippen LogP contribution is 2.33. The van der Waals surface area contributed by atoms with Crippen molar-refractivity contribution in [3.05, 3.63) is 47.3 Å². The molecule has 0 aliphatic carbocycles. The SMILES string of the molecule is CC(C)(C)c1cn2c(n1)NC(c1c(F)cccc1F)CC2. The summed E-state index contributed by atoms with van der Waals surface area (Å²) in [5, 5.41) is 3.16. The topological polar surface area (TPSA) is 29.9 Å². The van der Waals surface area contributed by atoms with Crippen LogP contribution in [0.3, 0.4) is 0 Å². The van der Waals surface area contributed by atoms with Gasteiger partial charge in [0.1, 0.15) is 11.6 Å². The van der Waals surface area contributed by atoms with Crippen LogP contribution < -0.4 is 5.32 Å². The number of aryl methyl sites for hydroxylation is 1. The first-order chi connectivity index (χ1) is 9.86. The Bertz CT molecular complexity index is 650. The number of benzene rings is 1. The average molecular weight is 291 g/mol. The van der Waals surface area contributed by atoms with E-state index in [9.17, 15) is 8.78 Å². The summed E-state index contributed by atoms with van der Waals surface area (Å²) < 4.78 is 29.8. The van der Waals surface area contributed by atoms with Crippen molar-refractivity contribution in [1.29, 1.82) is 0 Å².